The molecule has 0 saturated heterocycles. The number of thiazole rings is 1. The first-order chi connectivity index (χ1) is 12.5. The molecule has 1 aromatic carbocycles. The summed E-state index contributed by atoms with van der Waals surface area (Å²) in [4.78, 5) is 19.0. The number of amides is 1. The Balaban J connectivity index is 1.56. The number of rotatable bonds is 4. The molecule has 0 spiro atoms. The van der Waals surface area contributed by atoms with Crippen LogP contribution in [0.3, 0.4) is 0 Å². The van der Waals surface area contributed by atoms with E-state index in [4.69, 9.17) is 4.42 Å². The lowest BCUT2D eigenvalue weighted by Gasteiger charge is -2.22. The van der Waals surface area contributed by atoms with Crippen molar-refractivity contribution in [3.8, 4) is 10.6 Å². The van der Waals surface area contributed by atoms with Crippen LogP contribution in [0.15, 0.2) is 52.5 Å². The maximum absolute atomic E-state index is 12.8. The van der Waals surface area contributed by atoms with Crippen LogP contribution in [0.2, 0.25) is 0 Å². The number of aromatic nitrogens is 3. The maximum atomic E-state index is 12.8. The van der Waals surface area contributed by atoms with Crippen molar-refractivity contribution in [2.45, 2.75) is 13.0 Å². The van der Waals surface area contributed by atoms with Gasteiger partial charge in [-0.15, -0.1) is 11.3 Å². The van der Waals surface area contributed by atoms with Crippen molar-refractivity contribution < 1.29 is 9.21 Å². The normalized spacial score (nSPS) is 12.4. The summed E-state index contributed by atoms with van der Waals surface area (Å²) in [6.07, 6.45) is 3.63. The second kappa shape index (κ2) is 6.42. The molecule has 0 unspecified atom stereocenters. The molecule has 0 N–H and O–H groups in total. The van der Waals surface area contributed by atoms with Crippen molar-refractivity contribution >= 4 is 28.2 Å². The quantitative estimate of drug-likeness (QED) is 0.545. The van der Waals surface area contributed by atoms with Gasteiger partial charge in [-0.2, -0.15) is 5.10 Å². The van der Waals surface area contributed by atoms with Gasteiger partial charge in [0.1, 0.15) is 22.0 Å². The van der Waals surface area contributed by atoms with E-state index in [1.807, 2.05) is 50.5 Å². The van der Waals surface area contributed by atoms with E-state index in [-0.39, 0.29) is 11.9 Å². The standard InChI is InChI=1S/C19H18N4O2S/c1-12(17-8-13-6-4-5-7-16(13)25-17)23(3)19(24)15-11-26-18(21-15)14-9-20-22(2)10-14/h4-12H,1-3H3/t12-/m1/s1. The Labute approximate surface area is 154 Å². The Bertz CT molecular complexity index is 1050. The molecular weight excluding hydrogens is 348 g/mol. The molecule has 1 atom stereocenters. The third-order valence-corrected chi connectivity index (χ3v) is 5.32. The summed E-state index contributed by atoms with van der Waals surface area (Å²) in [5.41, 5.74) is 2.16. The monoisotopic (exact) mass is 366 g/mol. The van der Waals surface area contributed by atoms with E-state index in [0.29, 0.717) is 5.69 Å². The van der Waals surface area contributed by atoms with Crippen molar-refractivity contribution in [3.63, 3.8) is 0 Å². The summed E-state index contributed by atoms with van der Waals surface area (Å²) in [7, 11) is 3.62. The third kappa shape index (κ3) is 2.90. The van der Waals surface area contributed by atoms with Gasteiger partial charge < -0.3 is 9.32 Å². The van der Waals surface area contributed by atoms with Gasteiger partial charge >= 0.3 is 0 Å². The highest BCUT2D eigenvalue weighted by Gasteiger charge is 2.24. The fourth-order valence-corrected chi connectivity index (χ4v) is 3.56. The first kappa shape index (κ1) is 16.5. The molecule has 4 rings (SSSR count). The molecule has 0 aliphatic rings. The minimum absolute atomic E-state index is 0.135. The molecule has 3 heterocycles. The second-order valence-electron chi connectivity index (χ2n) is 6.22. The molecule has 4 aromatic rings. The van der Waals surface area contributed by atoms with Gasteiger partial charge in [-0.1, -0.05) is 18.2 Å². The molecule has 26 heavy (non-hydrogen) atoms. The van der Waals surface area contributed by atoms with Crippen molar-refractivity contribution in [1.29, 1.82) is 0 Å². The van der Waals surface area contributed by atoms with Gasteiger partial charge in [0, 0.05) is 36.6 Å². The number of carbonyl (C=O) groups is 1. The molecule has 132 valence electrons. The van der Waals surface area contributed by atoms with Crippen LogP contribution in [0.5, 0.6) is 0 Å². The van der Waals surface area contributed by atoms with E-state index >= 15 is 0 Å². The van der Waals surface area contributed by atoms with Gasteiger partial charge in [-0.05, 0) is 19.1 Å². The Morgan fingerprint density at radius 3 is 2.88 bits per heavy atom. The minimum Gasteiger partial charge on any atom is -0.459 e. The highest BCUT2D eigenvalue weighted by atomic mass is 32.1. The Morgan fingerprint density at radius 2 is 2.15 bits per heavy atom. The van der Waals surface area contributed by atoms with Crippen LogP contribution in [0.1, 0.15) is 29.2 Å². The molecule has 0 radical (unpaired) electrons. The molecule has 1 amide bonds. The van der Waals surface area contributed by atoms with E-state index in [1.165, 1.54) is 11.3 Å². The summed E-state index contributed by atoms with van der Waals surface area (Å²) in [6, 6.07) is 9.61. The second-order valence-corrected chi connectivity index (χ2v) is 7.08. The van der Waals surface area contributed by atoms with Crippen molar-refractivity contribution in [2.24, 2.45) is 7.05 Å². The number of aryl methyl sites for hydroxylation is 1. The zero-order valence-electron chi connectivity index (χ0n) is 14.7. The Morgan fingerprint density at radius 1 is 1.35 bits per heavy atom. The molecule has 7 heteroatoms. The zero-order chi connectivity index (χ0) is 18.3. The van der Waals surface area contributed by atoms with Crippen LogP contribution in [-0.2, 0) is 7.05 Å². The topological polar surface area (TPSA) is 64.2 Å². The summed E-state index contributed by atoms with van der Waals surface area (Å²) < 4.78 is 7.61. The lowest BCUT2D eigenvalue weighted by atomic mass is 10.2. The molecule has 6 nitrogen and oxygen atoms in total. The Hall–Kier alpha value is -2.93. The van der Waals surface area contributed by atoms with Crippen LogP contribution in [-0.4, -0.2) is 32.6 Å². The van der Waals surface area contributed by atoms with Gasteiger partial charge in [0.2, 0.25) is 0 Å². The number of fused-ring (bicyclic) bond motifs is 1. The van der Waals surface area contributed by atoms with Gasteiger partial charge in [0.15, 0.2) is 0 Å². The fraction of sp³-hybridized carbons (Fsp3) is 0.211. The van der Waals surface area contributed by atoms with Gasteiger partial charge in [-0.3, -0.25) is 9.48 Å². The van der Waals surface area contributed by atoms with Crippen LogP contribution in [0, 0.1) is 0 Å². The first-order valence-corrected chi connectivity index (χ1v) is 9.11. The molecule has 0 aliphatic carbocycles. The van der Waals surface area contributed by atoms with Crippen LogP contribution in [0.4, 0.5) is 0 Å². The SMILES string of the molecule is C[C@H](c1cc2ccccc2o1)N(C)C(=O)c1csc(-c2cnn(C)c2)n1. The molecule has 0 aliphatic heterocycles. The number of para-hydroxylation sites is 1. The summed E-state index contributed by atoms with van der Waals surface area (Å²) in [6.45, 7) is 1.95. The number of hydrogen-bond donors (Lipinski definition) is 0. The van der Waals surface area contributed by atoms with Crippen molar-refractivity contribution in [3.05, 3.63) is 59.6 Å². The van der Waals surface area contributed by atoms with Gasteiger partial charge in [0.25, 0.3) is 5.91 Å². The van der Waals surface area contributed by atoms with E-state index in [2.05, 4.69) is 10.1 Å². The van der Waals surface area contributed by atoms with Crippen LogP contribution in [0.25, 0.3) is 21.5 Å². The lowest BCUT2D eigenvalue weighted by molar-refractivity contribution is 0.0722. The molecular formula is C19H18N4O2S. The summed E-state index contributed by atoms with van der Waals surface area (Å²) >= 11 is 1.44. The molecule has 0 bridgehead atoms. The first-order valence-electron chi connectivity index (χ1n) is 8.23. The van der Waals surface area contributed by atoms with Crippen LogP contribution < -0.4 is 0 Å². The number of benzene rings is 1. The number of nitrogens with zero attached hydrogens (tertiary/aromatic N) is 4. The predicted molar refractivity (Wildman–Crippen MR) is 101 cm³/mol. The largest absolute Gasteiger partial charge is 0.459 e. The average Bonchev–Trinajstić information content (AvgIpc) is 3.37. The zero-order valence-corrected chi connectivity index (χ0v) is 15.5. The molecule has 3 aromatic heterocycles. The fourth-order valence-electron chi connectivity index (χ4n) is 2.79. The number of carbonyl (C=O) groups excluding carboxylic acids is 1. The smallest absolute Gasteiger partial charge is 0.273 e. The van der Waals surface area contributed by atoms with E-state index < -0.39 is 0 Å². The highest BCUT2D eigenvalue weighted by Crippen LogP contribution is 2.29. The Kier molecular flexibility index (Phi) is 4.08. The minimum atomic E-state index is -0.196. The highest BCUT2D eigenvalue weighted by molar-refractivity contribution is 7.13. The molecule has 0 fully saturated rings. The predicted octanol–water partition coefficient (Wildman–Crippen LogP) is 4.12. The van der Waals surface area contributed by atoms with Crippen molar-refractivity contribution in [1.82, 2.24) is 19.7 Å². The van der Waals surface area contributed by atoms with E-state index in [9.17, 15) is 4.79 Å². The van der Waals surface area contributed by atoms with E-state index in [0.717, 1.165) is 27.3 Å². The van der Waals surface area contributed by atoms with Gasteiger partial charge in [-0.25, -0.2) is 4.98 Å². The summed E-state index contributed by atoms with van der Waals surface area (Å²) in [5.74, 6) is 0.620. The summed E-state index contributed by atoms with van der Waals surface area (Å²) in [5, 5.41) is 7.74. The molecule has 0 saturated carbocycles. The third-order valence-electron chi connectivity index (χ3n) is 4.43. The van der Waals surface area contributed by atoms with Gasteiger partial charge in [0.05, 0.1) is 12.2 Å². The average molecular weight is 366 g/mol. The lowest BCUT2D eigenvalue weighted by Crippen LogP contribution is -2.29. The number of hydrogen-bond acceptors (Lipinski definition) is 5. The van der Waals surface area contributed by atoms with Crippen molar-refractivity contribution in [2.75, 3.05) is 7.05 Å². The van der Waals surface area contributed by atoms with Crippen LogP contribution >= 0.6 is 11.3 Å². The maximum Gasteiger partial charge on any atom is 0.273 e. The number of furan rings is 1. The van der Waals surface area contributed by atoms with E-state index in [1.54, 1.807) is 28.2 Å².